The highest BCUT2D eigenvalue weighted by molar-refractivity contribution is 7.99. The van der Waals surface area contributed by atoms with Crippen LogP contribution in [0.25, 0.3) is 0 Å². The normalized spacial score (nSPS) is 20.6. The third kappa shape index (κ3) is 5.05. The molecule has 2 N–H and O–H groups in total. The van der Waals surface area contributed by atoms with Gasteiger partial charge >= 0.3 is 12.1 Å². The minimum Gasteiger partial charge on any atom is -0.484 e. The van der Waals surface area contributed by atoms with Gasteiger partial charge in [0, 0.05) is 5.75 Å². The van der Waals surface area contributed by atoms with Crippen LogP contribution in [-0.4, -0.2) is 46.8 Å². The number of halogens is 3. The standard InChI is InChI=1S/C15H16F3NO4S/c16-15(17,18)8-23-11-3-1-2-10(6-11)7-12(20)19-14(13(21)22)4-5-24-9-14/h1-3,6H,4-5,7-9H2,(H,19,20)(H,21,22). The molecule has 0 bridgehead atoms. The van der Waals surface area contributed by atoms with E-state index in [-0.39, 0.29) is 12.2 Å². The Balaban J connectivity index is 1.97. The number of carbonyl (C=O) groups excluding carboxylic acids is 1. The Morgan fingerprint density at radius 1 is 1.38 bits per heavy atom. The molecule has 1 heterocycles. The smallest absolute Gasteiger partial charge is 0.422 e. The van der Waals surface area contributed by atoms with Gasteiger partial charge in [0.25, 0.3) is 0 Å². The first-order valence-corrected chi connectivity index (χ1v) is 8.26. The quantitative estimate of drug-likeness (QED) is 0.811. The van der Waals surface area contributed by atoms with Crippen LogP contribution >= 0.6 is 11.8 Å². The number of carboxylic acid groups (broad SMARTS) is 1. The van der Waals surface area contributed by atoms with E-state index in [1.807, 2.05) is 0 Å². The number of carbonyl (C=O) groups is 2. The maximum atomic E-state index is 12.2. The zero-order valence-corrected chi connectivity index (χ0v) is 13.4. The number of thioether (sulfide) groups is 1. The Hall–Kier alpha value is -1.90. The lowest BCUT2D eigenvalue weighted by Gasteiger charge is -2.24. The fraction of sp³-hybridized carbons (Fsp3) is 0.467. The average molecular weight is 363 g/mol. The lowest BCUT2D eigenvalue weighted by Crippen LogP contribution is -2.55. The molecule has 1 aromatic carbocycles. The van der Waals surface area contributed by atoms with Crippen molar-refractivity contribution in [1.29, 1.82) is 0 Å². The molecule has 1 unspecified atom stereocenters. The van der Waals surface area contributed by atoms with Crippen molar-refractivity contribution in [2.24, 2.45) is 0 Å². The summed E-state index contributed by atoms with van der Waals surface area (Å²) in [6, 6.07) is 5.74. The van der Waals surface area contributed by atoms with E-state index in [9.17, 15) is 27.9 Å². The summed E-state index contributed by atoms with van der Waals surface area (Å²) in [4.78, 5) is 23.5. The summed E-state index contributed by atoms with van der Waals surface area (Å²) < 4.78 is 41.1. The van der Waals surface area contributed by atoms with Crippen molar-refractivity contribution >= 4 is 23.6 Å². The molecule has 132 valence electrons. The zero-order chi connectivity index (χ0) is 17.8. The van der Waals surface area contributed by atoms with E-state index >= 15 is 0 Å². The second kappa shape index (κ2) is 7.33. The third-order valence-electron chi connectivity index (χ3n) is 3.48. The Kier molecular flexibility index (Phi) is 5.63. The van der Waals surface area contributed by atoms with Gasteiger partial charge in [0.1, 0.15) is 11.3 Å². The topological polar surface area (TPSA) is 75.6 Å². The highest BCUT2D eigenvalue weighted by atomic mass is 32.2. The number of alkyl halides is 3. The van der Waals surface area contributed by atoms with Gasteiger partial charge in [-0.3, -0.25) is 4.79 Å². The van der Waals surface area contributed by atoms with Gasteiger partial charge in [-0.15, -0.1) is 0 Å². The number of amides is 1. The summed E-state index contributed by atoms with van der Waals surface area (Å²) in [5.74, 6) is -0.631. The number of carboxylic acids is 1. The lowest BCUT2D eigenvalue weighted by molar-refractivity contribution is -0.153. The van der Waals surface area contributed by atoms with Crippen molar-refractivity contribution in [2.45, 2.75) is 24.6 Å². The van der Waals surface area contributed by atoms with Gasteiger partial charge in [-0.2, -0.15) is 24.9 Å². The highest BCUT2D eigenvalue weighted by Crippen LogP contribution is 2.28. The van der Waals surface area contributed by atoms with Gasteiger partial charge in [0.15, 0.2) is 6.61 Å². The maximum absolute atomic E-state index is 12.2. The van der Waals surface area contributed by atoms with Crippen LogP contribution in [0.15, 0.2) is 24.3 Å². The van der Waals surface area contributed by atoms with Gasteiger partial charge in [-0.1, -0.05) is 12.1 Å². The van der Waals surface area contributed by atoms with E-state index < -0.39 is 30.2 Å². The largest absolute Gasteiger partial charge is 0.484 e. The van der Waals surface area contributed by atoms with Crippen LogP contribution in [0.2, 0.25) is 0 Å². The molecule has 1 aliphatic rings. The molecule has 0 aliphatic carbocycles. The first kappa shape index (κ1) is 18.4. The molecule has 24 heavy (non-hydrogen) atoms. The van der Waals surface area contributed by atoms with Crippen LogP contribution in [0.3, 0.4) is 0 Å². The molecular weight excluding hydrogens is 347 g/mol. The molecule has 1 aromatic rings. The number of hydrogen-bond acceptors (Lipinski definition) is 4. The Bertz CT molecular complexity index is 615. The summed E-state index contributed by atoms with van der Waals surface area (Å²) in [5, 5.41) is 11.9. The molecule has 1 saturated heterocycles. The van der Waals surface area contributed by atoms with Crippen molar-refractivity contribution in [3.05, 3.63) is 29.8 Å². The van der Waals surface area contributed by atoms with Crippen LogP contribution in [0.4, 0.5) is 13.2 Å². The number of hydrogen-bond donors (Lipinski definition) is 2. The summed E-state index contributed by atoms with van der Waals surface area (Å²) in [5.41, 5.74) is -0.829. The molecule has 0 radical (unpaired) electrons. The second-order valence-corrected chi connectivity index (χ2v) is 6.57. The fourth-order valence-corrected chi connectivity index (χ4v) is 3.62. The van der Waals surface area contributed by atoms with Gasteiger partial charge in [0.05, 0.1) is 6.42 Å². The highest BCUT2D eigenvalue weighted by Gasteiger charge is 2.43. The average Bonchev–Trinajstić information content (AvgIpc) is 2.94. The predicted octanol–water partition coefficient (Wildman–Crippen LogP) is 2.25. The molecule has 0 saturated carbocycles. The van der Waals surface area contributed by atoms with Crippen molar-refractivity contribution in [2.75, 3.05) is 18.1 Å². The molecule has 2 rings (SSSR count). The van der Waals surface area contributed by atoms with E-state index in [1.165, 1.54) is 30.0 Å². The summed E-state index contributed by atoms with van der Waals surface area (Å²) >= 11 is 1.45. The van der Waals surface area contributed by atoms with Crippen LogP contribution in [-0.2, 0) is 16.0 Å². The van der Waals surface area contributed by atoms with Crippen LogP contribution in [0.5, 0.6) is 5.75 Å². The molecule has 1 fully saturated rings. The third-order valence-corrected chi connectivity index (χ3v) is 4.67. The summed E-state index contributed by atoms with van der Waals surface area (Å²) in [7, 11) is 0. The number of benzene rings is 1. The number of nitrogens with one attached hydrogen (secondary N) is 1. The predicted molar refractivity (Wildman–Crippen MR) is 82.1 cm³/mol. The summed E-state index contributed by atoms with van der Waals surface area (Å²) in [6.07, 6.45) is -4.24. The van der Waals surface area contributed by atoms with E-state index in [2.05, 4.69) is 10.1 Å². The monoisotopic (exact) mass is 363 g/mol. The van der Waals surface area contributed by atoms with Crippen LogP contribution in [0.1, 0.15) is 12.0 Å². The lowest BCUT2D eigenvalue weighted by atomic mass is 9.98. The minimum absolute atomic E-state index is 0.00185. The number of ether oxygens (including phenoxy) is 1. The number of aliphatic carboxylic acids is 1. The van der Waals surface area contributed by atoms with Gasteiger partial charge in [-0.05, 0) is 29.9 Å². The number of rotatable bonds is 6. The van der Waals surface area contributed by atoms with E-state index in [1.54, 1.807) is 6.07 Å². The molecule has 1 aliphatic heterocycles. The molecule has 1 amide bonds. The van der Waals surface area contributed by atoms with Crippen molar-refractivity contribution in [3.63, 3.8) is 0 Å². The Morgan fingerprint density at radius 2 is 2.12 bits per heavy atom. The Morgan fingerprint density at radius 3 is 2.71 bits per heavy atom. The molecule has 1 atom stereocenters. The molecule has 5 nitrogen and oxygen atoms in total. The molecular formula is C15H16F3NO4S. The zero-order valence-electron chi connectivity index (χ0n) is 12.6. The molecule has 0 aromatic heterocycles. The first-order valence-electron chi connectivity index (χ1n) is 7.11. The van der Waals surface area contributed by atoms with Crippen molar-refractivity contribution in [3.8, 4) is 5.75 Å². The summed E-state index contributed by atoms with van der Waals surface area (Å²) in [6.45, 7) is -1.41. The molecule has 0 spiro atoms. The maximum Gasteiger partial charge on any atom is 0.422 e. The van der Waals surface area contributed by atoms with Crippen molar-refractivity contribution in [1.82, 2.24) is 5.32 Å². The first-order chi connectivity index (χ1) is 11.2. The van der Waals surface area contributed by atoms with Crippen LogP contribution in [0, 0.1) is 0 Å². The van der Waals surface area contributed by atoms with Gasteiger partial charge in [0.2, 0.25) is 5.91 Å². The van der Waals surface area contributed by atoms with Gasteiger partial charge < -0.3 is 15.2 Å². The van der Waals surface area contributed by atoms with Gasteiger partial charge in [-0.25, -0.2) is 4.79 Å². The van der Waals surface area contributed by atoms with E-state index in [0.717, 1.165) is 0 Å². The minimum atomic E-state index is -4.44. The Labute approximate surface area is 140 Å². The van der Waals surface area contributed by atoms with E-state index in [4.69, 9.17) is 0 Å². The van der Waals surface area contributed by atoms with Crippen molar-refractivity contribution < 1.29 is 32.6 Å². The second-order valence-electron chi connectivity index (χ2n) is 5.47. The SMILES string of the molecule is O=C(Cc1cccc(OCC(F)(F)F)c1)NC1(C(=O)O)CCSC1. The van der Waals surface area contributed by atoms with Crippen LogP contribution < -0.4 is 10.1 Å². The van der Waals surface area contributed by atoms with E-state index in [0.29, 0.717) is 23.5 Å². The molecule has 9 heteroatoms. The fourth-order valence-electron chi connectivity index (χ4n) is 2.29.